The van der Waals surface area contributed by atoms with Crippen molar-refractivity contribution in [1.29, 1.82) is 0 Å². The molecule has 30 heavy (non-hydrogen) atoms. The van der Waals surface area contributed by atoms with E-state index in [1.807, 2.05) is 0 Å². The van der Waals surface area contributed by atoms with Gasteiger partial charge in [0.25, 0.3) is 0 Å². The maximum Gasteiger partial charge on any atom is 0.247 e. The Morgan fingerprint density at radius 1 is 1.20 bits per heavy atom. The van der Waals surface area contributed by atoms with Crippen LogP contribution in [0.4, 0.5) is 10.1 Å². The molecule has 3 rings (SSSR count). The quantitative estimate of drug-likeness (QED) is 0.738. The first-order valence-corrected chi connectivity index (χ1v) is 12.2. The molecule has 0 unspecified atom stereocenters. The van der Waals surface area contributed by atoms with E-state index < -0.39 is 27.3 Å². The number of piperazine rings is 1. The normalized spacial score (nSPS) is 24.1. The van der Waals surface area contributed by atoms with E-state index in [0.29, 0.717) is 12.1 Å². The molecule has 2 fully saturated rings. The maximum atomic E-state index is 13.4. The molecule has 1 N–H and O–H groups in total. The third kappa shape index (κ3) is 4.67. The molecular formula is C21H30FN3O4S. The minimum Gasteiger partial charge on any atom is -0.351 e. The summed E-state index contributed by atoms with van der Waals surface area (Å²) in [7, 11) is -3.67. The second kappa shape index (κ2) is 9.01. The van der Waals surface area contributed by atoms with Gasteiger partial charge >= 0.3 is 0 Å². The SMILES string of the molecule is CCCS(=O)(=O)N1CC(=O)N(c2ccc(F)cc2)[C@](C)(C(=O)NC2CCCCC2)C1. The van der Waals surface area contributed by atoms with Crippen molar-refractivity contribution in [2.45, 2.75) is 64.0 Å². The van der Waals surface area contributed by atoms with Crippen LogP contribution < -0.4 is 10.2 Å². The highest BCUT2D eigenvalue weighted by Crippen LogP contribution is 2.31. The summed E-state index contributed by atoms with van der Waals surface area (Å²) >= 11 is 0. The molecule has 1 saturated heterocycles. The van der Waals surface area contributed by atoms with Crippen molar-refractivity contribution >= 4 is 27.5 Å². The number of anilines is 1. The molecule has 9 heteroatoms. The number of hydrogen-bond donors (Lipinski definition) is 1. The van der Waals surface area contributed by atoms with Crippen LogP contribution in [0.25, 0.3) is 0 Å². The number of benzene rings is 1. The van der Waals surface area contributed by atoms with Crippen LogP contribution in [0, 0.1) is 5.82 Å². The van der Waals surface area contributed by atoms with Crippen molar-refractivity contribution in [3.05, 3.63) is 30.1 Å². The van der Waals surface area contributed by atoms with Crippen molar-refractivity contribution < 1.29 is 22.4 Å². The zero-order chi connectivity index (χ0) is 21.9. The van der Waals surface area contributed by atoms with Crippen LogP contribution in [-0.4, -0.2) is 55.0 Å². The van der Waals surface area contributed by atoms with Crippen molar-refractivity contribution in [3.63, 3.8) is 0 Å². The molecule has 0 aromatic heterocycles. The van der Waals surface area contributed by atoms with Gasteiger partial charge in [0, 0.05) is 18.3 Å². The fraction of sp³-hybridized carbons (Fsp3) is 0.619. The topological polar surface area (TPSA) is 86.8 Å². The Bertz CT molecular complexity index is 884. The van der Waals surface area contributed by atoms with Crippen LogP contribution in [0.5, 0.6) is 0 Å². The number of hydrogen-bond acceptors (Lipinski definition) is 4. The number of carbonyl (C=O) groups excluding carboxylic acids is 2. The number of halogens is 1. The summed E-state index contributed by atoms with van der Waals surface area (Å²) in [5.74, 6) is -1.43. The first-order chi connectivity index (χ1) is 14.2. The van der Waals surface area contributed by atoms with E-state index in [4.69, 9.17) is 0 Å². The highest BCUT2D eigenvalue weighted by atomic mass is 32.2. The Balaban J connectivity index is 1.96. The van der Waals surface area contributed by atoms with Gasteiger partial charge in [-0.15, -0.1) is 0 Å². The van der Waals surface area contributed by atoms with Crippen molar-refractivity contribution in [2.75, 3.05) is 23.7 Å². The fourth-order valence-electron chi connectivity index (χ4n) is 4.33. The average molecular weight is 440 g/mol. The molecule has 1 aliphatic heterocycles. The molecule has 0 bridgehead atoms. The zero-order valence-electron chi connectivity index (χ0n) is 17.6. The number of sulfonamides is 1. The van der Waals surface area contributed by atoms with Crippen LogP contribution in [0.2, 0.25) is 0 Å². The standard InChI is InChI=1S/C21H30FN3O4S/c1-3-13-30(28,29)24-14-19(26)25(18-11-9-16(22)10-12-18)21(2,15-24)20(27)23-17-7-5-4-6-8-17/h9-12,17H,3-8,13-15H2,1-2H3,(H,23,27)/t21-/m0/s1. The number of amides is 2. The summed E-state index contributed by atoms with van der Waals surface area (Å²) in [4.78, 5) is 27.8. The molecule has 1 aliphatic carbocycles. The molecule has 0 radical (unpaired) electrons. The van der Waals surface area contributed by atoms with Crippen LogP contribution in [0.15, 0.2) is 24.3 Å². The van der Waals surface area contributed by atoms with Crippen LogP contribution >= 0.6 is 0 Å². The first kappa shape index (κ1) is 22.7. The average Bonchev–Trinajstić information content (AvgIpc) is 2.69. The lowest BCUT2D eigenvalue weighted by Crippen LogP contribution is -2.71. The second-order valence-corrected chi connectivity index (χ2v) is 10.5. The molecule has 1 heterocycles. The van der Waals surface area contributed by atoms with Gasteiger partial charge in [-0.25, -0.2) is 12.8 Å². The molecule has 2 aliphatic rings. The highest BCUT2D eigenvalue weighted by Gasteiger charge is 2.51. The Kier molecular flexibility index (Phi) is 6.81. The third-order valence-electron chi connectivity index (χ3n) is 5.91. The first-order valence-electron chi connectivity index (χ1n) is 10.5. The van der Waals surface area contributed by atoms with Crippen LogP contribution in [0.1, 0.15) is 52.4 Å². The minimum absolute atomic E-state index is 0.0101. The van der Waals surface area contributed by atoms with Crippen molar-refractivity contribution in [1.82, 2.24) is 9.62 Å². The van der Waals surface area contributed by atoms with Crippen molar-refractivity contribution in [2.24, 2.45) is 0 Å². The predicted molar refractivity (Wildman–Crippen MR) is 113 cm³/mol. The molecular weight excluding hydrogens is 409 g/mol. The van der Waals surface area contributed by atoms with Crippen LogP contribution in [-0.2, 0) is 19.6 Å². The van der Waals surface area contributed by atoms with Gasteiger partial charge in [-0.05, 0) is 50.5 Å². The molecule has 7 nitrogen and oxygen atoms in total. The van der Waals surface area contributed by atoms with Gasteiger partial charge in [0.2, 0.25) is 21.8 Å². The molecule has 1 saturated carbocycles. The van der Waals surface area contributed by atoms with Gasteiger partial charge in [0.05, 0.1) is 12.3 Å². The largest absolute Gasteiger partial charge is 0.351 e. The summed E-state index contributed by atoms with van der Waals surface area (Å²) in [5, 5.41) is 3.04. The highest BCUT2D eigenvalue weighted by molar-refractivity contribution is 7.89. The Labute approximate surface area is 177 Å². The summed E-state index contributed by atoms with van der Waals surface area (Å²) in [6.07, 6.45) is 5.33. The van der Waals surface area contributed by atoms with E-state index in [1.54, 1.807) is 13.8 Å². The number of rotatable bonds is 6. The summed E-state index contributed by atoms with van der Waals surface area (Å²) < 4.78 is 39.9. The number of carbonyl (C=O) groups is 2. The smallest absolute Gasteiger partial charge is 0.247 e. The van der Waals surface area contributed by atoms with Gasteiger partial charge in [0.1, 0.15) is 11.4 Å². The maximum absolute atomic E-state index is 13.4. The molecule has 1 aromatic carbocycles. The Hall–Kier alpha value is -2.00. The van der Waals surface area contributed by atoms with Gasteiger partial charge in [-0.2, -0.15) is 4.31 Å². The van der Waals surface area contributed by atoms with E-state index >= 15 is 0 Å². The van der Waals surface area contributed by atoms with E-state index in [2.05, 4.69) is 5.32 Å². The van der Waals surface area contributed by atoms with Crippen LogP contribution in [0.3, 0.4) is 0 Å². The molecule has 166 valence electrons. The van der Waals surface area contributed by atoms with Gasteiger partial charge in [0.15, 0.2) is 0 Å². The zero-order valence-corrected chi connectivity index (χ0v) is 18.4. The van der Waals surface area contributed by atoms with Gasteiger partial charge < -0.3 is 5.32 Å². The van der Waals surface area contributed by atoms with E-state index in [-0.39, 0.29) is 30.8 Å². The van der Waals surface area contributed by atoms with Crippen molar-refractivity contribution in [3.8, 4) is 0 Å². The monoisotopic (exact) mass is 439 g/mol. The van der Waals surface area contributed by atoms with Gasteiger partial charge in [-0.1, -0.05) is 26.2 Å². The molecule has 1 aromatic rings. The van der Waals surface area contributed by atoms with E-state index in [0.717, 1.165) is 36.4 Å². The van der Waals surface area contributed by atoms with E-state index in [1.165, 1.54) is 29.2 Å². The second-order valence-electron chi connectivity index (χ2n) is 8.37. The lowest BCUT2D eigenvalue weighted by Gasteiger charge is -2.47. The third-order valence-corrected chi connectivity index (χ3v) is 7.88. The molecule has 1 atom stereocenters. The number of nitrogens with zero attached hydrogens (tertiary/aromatic N) is 2. The van der Waals surface area contributed by atoms with Gasteiger partial charge in [-0.3, -0.25) is 14.5 Å². The lowest BCUT2D eigenvalue weighted by molar-refractivity contribution is -0.133. The molecule has 0 spiro atoms. The number of nitrogens with one attached hydrogen (secondary N) is 1. The summed E-state index contributed by atoms with van der Waals surface area (Å²) in [6.45, 7) is 2.85. The van der Waals surface area contributed by atoms with E-state index in [9.17, 15) is 22.4 Å². The minimum atomic E-state index is -3.67. The summed E-state index contributed by atoms with van der Waals surface area (Å²) in [5.41, 5.74) is -1.07. The fourth-order valence-corrected chi connectivity index (χ4v) is 5.86. The summed E-state index contributed by atoms with van der Waals surface area (Å²) in [6, 6.07) is 5.34. The lowest BCUT2D eigenvalue weighted by atomic mass is 9.91. The Morgan fingerprint density at radius 3 is 2.43 bits per heavy atom. The Morgan fingerprint density at radius 2 is 1.83 bits per heavy atom. The predicted octanol–water partition coefficient (Wildman–Crippen LogP) is 2.42. The molecule has 2 amide bonds.